The van der Waals surface area contributed by atoms with Crippen molar-refractivity contribution in [2.24, 2.45) is 0 Å². The third kappa shape index (κ3) is 2.20. The van der Waals surface area contributed by atoms with Gasteiger partial charge < -0.3 is 0 Å². The van der Waals surface area contributed by atoms with Crippen LogP contribution >= 0.6 is 12.2 Å². The van der Waals surface area contributed by atoms with Gasteiger partial charge in [-0.25, -0.2) is 0 Å². The predicted octanol–water partition coefficient (Wildman–Crippen LogP) is 3.23. The van der Waals surface area contributed by atoms with Crippen molar-refractivity contribution in [2.45, 2.75) is 26.3 Å². The number of benzene rings is 1. The second kappa shape index (κ2) is 4.39. The number of hydrogen-bond donors (Lipinski definition) is 1. The van der Waals surface area contributed by atoms with Crippen molar-refractivity contribution in [3.8, 4) is 17.5 Å². The second-order valence-electron chi connectivity index (χ2n) is 5.05. The molecule has 2 rings (SSSR count). The molecular weight excluding hydrogens is 244 g/mol. The maximum Gasteiger partial charge on any atom is 0.195 e. The molecule has 0 radical (unpaired) electrons. The summed E-state index contributed by atoms with van der Waals surface area (Å²) in [7, 11) is 0. The molecule has 1 aromatic carbocycles. The summed E-state index contributed by atoms with van der Waals surface area (Å²) in [6.07, 6.45) is 0. The van der Waals surface area contributed by atoms with E-state index in [0.29, 0.717) is 10.3 Å². The SMILES string of the molecule is CC(C)(C)n1c(-c2ccc(C#N)cc2)n[nH]c1=S. The average molecular weight is 258 g/mol. The predicted molar refractivity (Wildman–Crippen MR) is 72.6 cm³/mol. The third-order valence-electron chi connectivity index (χ3n) is 2.62. The van der Waals surface area contributed by atoms with Gasteiger partial charge in [0.15, 0.2) is 10.6 Å². The van der Waals surface area contributed by atoms with Crippen LogP contribution in [0.5, 0.6) is 0 Å². The number of nitrogens with one attached hydrogen (secondary N) is 1. The van der Waals surface area contributed by atoms with E-state index in [9.17, 15) is 0 Å². The van der Waals surface area contributed by atoms with Crippen LogP contribution in [0, 0.1) is 16.1 Å². The zero-order valence-corrected chi connectivity index (χ0v) is 11.4. The van der Waals surface area contributed by atoms with Crippen LogP contribution in [0.1, 0.15) is 26.3 Å². The van der Waals surface area contributed by atoms with Crippen molar-refractivity contribution >= 4 is 12.2 Å². The second-order valence-corrected chi connectivity index (χ2v) is 5.43. The molecule has 0 spiro atoms. The first-order valence-corrected chi connectivity index (χ1v) is 6.03. The Balaban J connectivity index is 2.58. The van der Waals surface area contributed by atoms with Gasteiger partial charge in [0.1, 0.15) is 0 Å². The van der Waals surface area contributed by atoms with E-state index in [-0.39, 0.29) is 5.54 Å². The first-order valence-electron chi connectivity index (χ1n) is 5.62. The van der Waals surface area contributed by atoms with Gasteiger partial charge in [-0.15, -0.1) is 0 Å². The Labute approximate surface area is 111 Å². The van der Waals surface area contributed by atoms with Crippen molar-refractivity contribution in [1.29, 1.82) is 5.26 Å². The van der Waals surface area contributed by atoms with E-state index in [4.69, 9.17) is 17.5 Å². The molecule has 0 saturated carbocycles. The van der Waals surface area contributed by atoms with Crippen molar-refractivity contribution < 1.29 is 0 Å². The average Bonchev–Trinajstić information content (AvgIpc) is 2.71. The van der Waals surface area contributed by atoms with Crippen LogP contribution in [0.3, 0.4) is 0 Å². The molecule has 2 aromatic rings. The first-order chi connectivity index (χ1) is 8.43. The van der Waals surface area contributed by atoms with Gasteiger partial charge in [0.25, 0.3) is 0 Å². The molecule has 92 valence electrons. The number of nitriles is 1. The molecule has 0 bridgehead atoms. The van der Waals surface area contributed by atoms with Gasteiger partial charge in [0.05, 0.1) is 11.6 Å². The molecule has 0 atom stereocenters. The molecule has 0 amide bonds. The van der Waals surface area contributed by atoms with E-state index in [0.717, 1.165) is 11.4 Å². The highest BCUT2D eigenvalue weighted by Crippen LogP contribution is 2.24. The van der Waals surface area contributed by atoms with Gasteiger partial charge in [-0.2, -0.15) is 10.4 Å². The van der Waals surface area contributed by atoms with Crippen LogP contribution < -0.4 is 0 Å². The standard InChI is InChI=1S/C13H14N4S/c1-13(2,3)17-11(15-16-12(17)18)10-6-4-9(8-14)5-7-10/h4-7H,1-3H3,(H,16,18). The van der Waals surface area contributed by atoms with Crippen molar-refractivity contribution in [3.63, 3.8) is 0 Å². The van der Waals surface area contributed by atoms with E-state index in [1.54, 1.807) is 12.1 Å². The summed E-state index contributed by atoms with van der Waals surface area (Å²) in [6, 6.07) is 9.42. The molecule has 0 saturated heterocycles. The summed E-state index contributed by atoms with van der Waals surface area (Å²) in [4.78, 5) is 0. The van der Waals surface area contributed by atoms with Gasteiger partial charge in [-0.3, -0.25) is 9.67 Å². The Kier molecular flexibility index (Phi) is 3.05. The van der Waals surface area contributed by atoms with Gasteiger partial charge in [0, 0.05) is 11.1 Å². The van der Waals surface area contributed by atoms with E-state index in [1.807, 2.05) is 16.7 Å². The molecule has 0 aliphatic heterocycles. The molecule has 1 aromatic heterocycles. The summed E-state index contributed by atoms with van der Waals surface area (Å²) < 4.78 is 2.57. The minimum atomic E-state index is -0.146. The molecular formula is C13H14N4S. The fraction of sp³-hybridized carbons (Fsp3) is 0.308. The van der Waals surface area contributed by atoms with E-state index in [2.05, 4.69) is 37.0 Å². The van der Waals surface area contributed by atoms with Crippen molar-refractivity contribution in [3.05, 3.63) is 34.6 Å². The summed E-state index contributed by atoms with van der Waals surface area (Å²) >= 11 is 5.26. The number of nitrogens with zero attached hydrogens (tertiary/aromatic N) is 3. The summed E-state index contributed by atoms with van der Waals surface area (Å²) in [6.45, 7) is 6.22. The Bertz CT molecular complexity index is 650. The van der Waals surface area contributed by atoms with Crippen molar-refractivity contribution in [2.75, 3.05) is 0 Å². The molecule has 5 heteroatoms. The number of hydrogen-bond acceptors (Lipinski definition) is 3. The lowest BCUT2D eigenvalue weighted by molar-refractivity contribution is 0.395. The lowest BCUT2D eigenvalue weighted by Crippen LogP contribution is -2.22. The monoisotopic (exact) mass is 258 g/mol. The first kappa shape index (κ1) is 12.5. The van der Waals surface area contributed by atoms with Crippen LogP contribution in [0.2, 0.25) is 0 Å². The topological polar surface area (TPSA) is 57.4 Å². The van der Waals surface area contributed by atoms with Crippen LogP contribution in [-0.2, 0) is 5.54 Å². The number of aromatic amines is 1. The number of H-pyrrole nitrogens is 1. The van der Waals surface area contributed by atoms with Crippen molar-refractivity contribution in [1.82, 2.24) is 14.8 Å². The summed E-state index contributed by atoms with van der Waals surface area (Å²) in [5.41, 5.74) is 1.43. The lowest BCUT2D eigenvalue weighted by Gasteiger charge is -2.22. The fourth-order valence-electron chi connectivity index (χ4n) is 1.81. The largest absolute Gasteiger partial charge is 0.295 e. The Morgan fingerprint density at radius 2 is 1.89 bits per heavy atom. The zero-order chi connectivity index (χ0) is 13.3. The highest BCUT2D eigenvalue weighted by Gasteiger charge is 2.20. The van der Waals surface area contributed by atoms with E-state index >= 15 is 0 Å². The number of rotatable bonds is 1. The highest BCUT2D eigenvalue weighted by atomic mass is 32.1. The van der Waals surface area contributed by atoms with Crippen LogP contribution in [-0.4, -0.2) is 14.8 Å². The minimum Gasteiger partial charge on any atom is -0.295 e. The highest BCUT2D eigenvalue weighted by molar-refractivity contribution is 7.71. The fourth-order valence-corrected chi connectivity index (χ4v) is 2.21. The molecule has 0 aliphatic rings. The normalized spacial score (nSPS) is 11.2. The minimum absolute atomic E-state index is 0.146. The van der Waals surface area contributed by atoms with Crippen LogP contribution in [0.25, 0.3) is 11.4 Å². The van der Waals surface area contributed by atoms with Crippen LogP contribution in [0.4, 0.5) is 0 Å². The van der Waals surface area contributed by atoms with Gasteiger partial charge in [-0.05, 0) is 57.3 Å². The third-order valence-corrected chi connectivity index (χ3v) is 2.89. The maximum atomic E-state index is 8.79. The van der Waals surface area contributed by atoms with Gasteiger partial charge in [0.2, 0.25) is 0 Å². The molecule has 18 heavy (non-hydrogen) atoms. The molecule has 4 nitrogen and oxygen atoms in total. The van der Waals surface area contributed by atoms with Gasteiger partial charge >= 0.3 is 0 Å². The number of aromatic nitrogens is 3. The zero-order valence-electron chi connectivity index (χ0n) is 10.6. The molecule has 0 fully saturated rings. The quantitative estimate of drug-likeness (QED) is 0.799. The lowest BCUT2D eigenvalue weighted by atomic mass is 10.1. The Morgan fingerprint density at radius 3 is 2.39 bits per heavy atom. The smallest absolute Gasteiger partial charge is 0.195 e. The maximum absolute atomic E-state index is 8.79. The van der Waals surface area contributed by atoms with Crippen LogP contribution in [0.15, 0.2) is 24.3 Å². The van der Waals surface area contributed by atoms with E-state index < -0.39 is 0 Å². The van der Waals surface area contributed by atoms with Gasteiger partial charge in [-0.1, -0.05) is 0 Å². The summed E-state index contributed by atoms with van der Waals surface area (Å²) in [5, 5.41) is 15.9. The molecule has 1 N–H and O–H groups in total. The van der Waals surface area contributed by atoms with E-state index in [1.165, 1.54) is 0 Å². The summed E-state index contributed by atoms with van der Waals surface area (Å²) in [5.74, 6) is 0.789. The molecule has 0 unspecified atom stereocenters. The molecule has 0 aliphatic carbocycles. The Morgan fingerprint density at radius 1 is 1.28 bits per heavy atom. The molecule has 1 heterocycles. The Hall–Kier alpha value is -1.93.